The molecule has 0 amide bonds. The maximum absolute atomic E-state index is 3.60. The quantitative estimate of drug-likeness (QED) is 0.799. The third kappa shape index (κ3) is 3.81. The van der Waals surface area contributed by atoms with Gasteiger partial charge in [-0.25, -0.2) is 0 Å². The summed E-state index contributed by atoms with van der Waals surface area (Å²) < 4.78 is 1.25. The molecule has 0 aromatic heterocycles. The molecule has 0 N–H and O–H groups in total. The van der Waals surface area contributed by atoms with E-state index in [1.807, 2.05) is 0 Å². The van der Waals surface area contributed by atoms with Crippen LogP contribution >= 0.6 is 15.9 Å². The van der Waals surface area contributed by atoms with E-state index < -0.39 is 0 Å². The van der Waals surface area contributed by atoms with Crippen LogP contribution < -0.4 is 0 Å². The summed E-state index contributed by atoms with van der Waals surface area (Å²) in [5, 5.41) is 0. The fourth-order valence-electron chi connectivity index (χ4n) is 1.44. The molecule has 78 valence electrons. The van der Waals surface area contributed by atoms with Gasteiger partial charge in [-0.15, -0.1) is 0 Å². The molecule has 0 aliphatic heterocycles. The molecule has 1 rings (SSSR count). The molecule has 0 aliphatic carbocycles. The topological polar surface area (TPSA) is 3.24 Å². The monoisotopic (exact) mass is 255 g/mol. The molecule has 1 nitrogen and oxygen atoms in total. The van der Waals surface area contributed by atoms with Crippen molar-refractivity contribution in [2.75, 3.05) is 20.6 Å². The lowest BCUT2D eigenvalue weighted by molar-refractivity contribution is 0.400. The average Bonchev–Trinajstić information content (AvgIpc) is 2.08. The highest BCUT2D eigenvalue weighted by atomic mass is 79.9. The third-order valence-corrected chi connectivity index (χ3v) is 3.00. The second kappa shape index (κ2) is 5.52. The van der Waals surface area contributed by atoms with Crippen LogP contribution in [0.5, 0.6) is 0 Å². The minimum Gasteiger partial charge on any atom is -0.309 e. The van der Waals surface area contributed by atoms with Crippen molar-refractivity contribution in [2.24, 2.45) is 0 Å². The van der Waals surface area contributed by atoms with Crippen LogP contribution in [0.25, 0.3) is 0 Å². The van der Waals surface area contributed by atoms with Gasteiger partial charge in [-0.05, 0) is 57.6 Å². The van der Waals surface area contributed by atoms with Crippen LogP contribution in [-0.4, -0.2) is 25.5 Å². The molecule has 0 radical (unpaired) electrons. The molecule has 1 aromatic carbocycles. The summed E-state index contributed by atoms with van der Waals surface area (Å²) in [7, 11) is 4.23. The first-order valence-electron chi connectivity index (χ1n) is 4.99. The Morgan fingerprint density at radius 3 is 2.57 bits per heavy atom. The van der Waals surface area contributed by atoms with Crippen LogP contribution in [0.4, 0.5) is 0 Å². The van der Waals surface area contributed by atoms with E-state index in [-0.39, 0.29) is 0 Å². The summed E-state index contributed by atoms with van der Waals surface area (Å²) in [6.45, 7) is 3.27. The van der Waals surface area contributed by atoms with Gasteiger partial charge in [0.15, 0.2) is 0 Å². The summed E-state index contributed by atoms with van der Waals surface area (Å²) in [5.41, 5.74) is 2.73. The highest BCUT2D eigenvalue weighted by Gasteiger charge is 2.00. The molecular weight excluding hydrogens is 238 g/mol. The number of halogens is 1. The van der Waals surface area contributed by atoms with Gasteiger partial charge in [0, 0.05) is 4.47 Å². The van der Waals surface area contributed by atoms with Gasteiger partial charge in [0.2, 0.25) is 0 Å². The lowest BCUT2D eigenvalue weighted by Gasteiger charge is -2.10. The fraction of sp³-hybridized carbons (Fsp3) is 0.500. The van der Waals surface area contributed by atoms with Crippen molar-refractivity contribution < 1.29 is 0 Å². The van der Waals surface area contributed by atoms with Gasteiger partial charge in [-0.3, -0.25) is 0 Å². The van der Waals surface area contributed by atoms with Crippen LogP contribution in [0.1, 0.15) is 17.5 Å². The molecule has 0 aliphatic rings. The summed E-state index contributed by atoms with van der Waals surface area (Å²) >= 11 is 3.60. The van der Waals surface area contributed by atoms with Crippen molar-refractivity contribution in [1.29, 1.82) is 0 Å². The van der Waals surface area contributed by atoms with Gasteiger partial charge < -0.3 is 4.90 Å². The average molecular weight is 256 g/mol. The minimum atomic E-state index is 1.15. The Morgan fingerprint density at radius 1 is 1.29 bits per heavy atom. The number of nitrogens with zero attached hydrogens (tertiary/aromatic N) is 1. The zero-order chi connectivity index (χ0) is 10.6. The van der Waals surface area contributed by atoms with E-state index in [1.165, 1.54) is 22.0 Å². The number of rotatable bonds is 4. The highest BCUT2D eigenvalue weighted by molar-refractivity contribution is 9.10. The van der Waals surface area contributed by atoms with Gasteiger partial charge >= 0.3 is 0 Å². The molecule has 2 heteroatoms. The van der Waals surface area contributed by atoms with Crippen LogP contribution in [0.3, 0.4) is 0 Å². The largest absolute Gasteiger partial charge is 0.309 e. The molecule has 1 aromatic rings. The van der Waals surface area contributed by atoms with E-state index in [4.69, 9.17) is 0 Å². The van der Waals surface area contributed by atoms with Crippen LogP contribution in [0.2, 0.25) is 0 Å². The Kier molecular flexibility index (Phi) is 4.63. The molecular formula is C12H18BrN. The Hall–Kier alpha value is -0.340. The molecule has 0 unspecified atom stereocenters. The SMILES string of the molecule is Cc1ccc(CCCN(C)C)c(Br)c1. The summed E-state index contributed by atoms with van der Waals surface area (Å²) in [6, 6.07) is 6.58. The van der Waals surface area contributed by atoms with Crippen molar-refractivity contribution in [3.8, 4) is 0 Å². The maximum Gasteiger partial charge on any atom is 0.0209 e. The Labute approximate surface area is 95.2 Å². The maximum atomic E-state index is 3.60. The minimum absolute atomic E-state index is 1.15. The second-order valence-electron chi connectivity index (χ2n) is 4.00. The van der Waals surface area contributed by atoms with E-state index in [0.29, 0.717) is 0 Å². The summed E-state index contributed by atoms with van der Waals surface area (Å²) in [4.78, 5) is 2.22. The van der Waals surface area contributed by atoms with Crippen molar-refractivity contribution in [1.82, 2.24) is 4.90 Å². The van der Waals surface area contributed by atoms with Crippen LogP contribution in [0.15, 0.2) is 22.7 Å². The lowest BCUT2D eigenvalue weighted by atomic mass is 10.1. The fourth-order valence-corrected chi connectivity index (χ4v) is 2.13. The van der Waals surface area contributed by atoms with Gasteiger partial charge in [-0.2, -0.15) is 0 Å². The molecule has 0 spiro atoms. The Bertz CT molecular complexity index is 294. The van der Waals surface area contributed by atoms with E-state index in [0.717, 1.165) is 13.0 Å². The summed E-state index contributed by atoms with van der Waals surface area (Å²) in [5.74, 6) is 0. The Balaban J connectivity index is 2.51. The molecule has 0 saturated heterocycles. The van der Waals surface area contributed by atoms with Crippen LogP contribution in [0, 0.1) is 6.92 Å². The van der Waals surface area contributed by atoms with Gasteiger partial charge in [0.25, 0.3) is 0 Å². The molecule has 0 atom stereocenters. The van der Waals surface area contributed by atoms with Gasteiger partial charge in [-0.1, -0.05) is 28.1 Å². The Morgan fingerprint density at radius 2 is 2.00 bits per heavy atom. The van der Waals surface area contributed by atoms with Crippen LogP contribution in [-0.2, 0) is 6.42 Å². The van der Waals surface area contributed by atoms with Crippen molar-refractivity contribution in [2.45, 2.75) is 19.8 Å². The van der Waals surface area contributed by atoms with Gasteiger partial charge in [0.1, 0.15) is 0 Å². The highest BCUT2D eigenvalue weighted by Crippen LogP contribution is 2.19. The standard InChI is InChI=1S/C12H18BrN/c1-10-6-7-11(12(13)9-10)5-4-8-14(2)3/h6-7,9H,4-5,8H2,1-3H3. The number of hydrogen-bond donors (Lipinski definition) is 0. The van der Waals surface area contributed by atoms with E-state index in [9.17, 15) is 0 Å². The molecule has 0 fully saturated rings. The zero-order valence-electron chi connectivity index (χ0n) is 9.18. The third-order valence-electron chi connectivity index (χ3n) is 2.26. The van der Waals surface area contributed by atoms with E-state index >= 15 is 0 Å². The van der Waals surface area contributed by atoms with Crippen molar-refractivity contribution in [3.63, 3.8) is 0 Å². The normalized spacial score (nSPS) is 10.9. The number of hydrogen-bond acceptors (Lipinski definition) is 1. The first kappa shape index (κ1) is 11.7. The number of benzene rings is 1. The second-order valence-corrected chi connectivity index (χ2v) is 4.86. The first-order chi connectivity index (χ1) is 6.59. The van der Waals surface area contributed by atoms with E-state index in [1.54, 1.807) is 0 Å². The molecule has 0 saturated carbocycles. The summed E-state index contributed by atoms with van der Waals surface area (Å²) in [6.07, 6.45) is 2.37. The molecule has 0 heterocycles. The lowest BCUT2D eigenvalue weighted by Crippen LogP contribution is -2.13. The zero-order valence-corrected chi connectivity index (χ0v) is 10.8. The number of aryl methyl sites for hydroxylation is 2. The van der Waals surface area contributed by atoms with Crippen molar-refractivity contribution >= 4 is 15.9 Å². The molecule has 0 bridgehead atoms. The predicted molar refractivity (Wildman–Crippen MR) is 65.8 cm³/mol. The first-order valence-corrected chi connectivity index (χ1v) is 5.78. The predicted octanol–water partition coefficient (Wildman–Crippen LogP) is 3.25. The molecule has 14 heavy (non-hydrogen) atoms. The van der Waals surface area contributed by atoms with E-state index in [2.05, 4.69) is 60.0 Å². The van der Waals surface area contributed by atoms with Gasteiger partial charge in [0.05, 0.1) is 0 Å². The smallest absolute Gasteiger partial charge is 0.0209 e. The van der Waals surface area contributed by atoms with Crippen molar-refractivity contribution in [3.05, 3.63) is 33.8 Å².